The molecule has 3 rings (SSSR count). The lowest BCUT2D eigenvalue weighted by atomic mass is 10.1. The summed E-state index contributed by atoms with van der Waals surface area (Å²) >= 11 is 3.61. The zero-order chi connectivity index (χ0) is 24.9. The molecule has 0 unspecified atom stereocenters. The SMILES string of the molecule is CC[C@H](C(=O)NC(C)(C)C)N(Cc1ccc(C)cc1)C(=O)COc1ccc2ccccc2c1Br. The Bertz CT molecular complexity index is 1150. The maximum atomic E-state index is 13.4. The van der Waals surface area contributed by atoms with Crippen LogP contribution >= 0.6 is 15.9 Å². The summed E-state index contributed by atoms with van der Waals surface area (Å²) < 4.78 is 6.76. The van der Waals surface area contributed by atoms with E-state index in [4.69, 9.17) is 4.74 Å². The predicted octanol–water partition coefficient (Wildman–Crippen LogP) is 6.01. The number of nitrogens with one attached hydrogen (secondary N) is 1. The molecule has 1 N–H and O–H groups in total. The largest absolute Gasteiger partial charge is 0.483 e. The Labute approximate surface area is 210 Å². The van der Waals surface area contributed by atoms with Gasteiger partial charge in [-0.2, -0.15) is 0 Å². The molecule has 0 saturated carbocycles. The van der Waals surface area contributed by atoms with Crippen LogP contribution in [0.5, 0.6) is 5.75 Å². The van der Waals surface area contributed by atoms with Crippen molar-refractivity contribution < 1.29 is 14.3 Å². The molecule has 0 heterocycles. The molecular formula is C28H33BrN2O3. The normalized spacial score (nSPS) is 12.3. The molecule has 6 heteroatoms. The van der Waals surface area contributed by atoms with E-state index in [-0.39, 0.29) is 18.4 Å². The number of rotatable bonds is 8. The van der Waals surface area contributed by atoms with Crippen LogP contribution in [0.4, 0.5) is 0 Å². The Kier molecular flexibility index (Phi) is 8.37. The number of hydrogen-bond acceptors (Lipinski definition) is 3. The number of carbonyl (C=O) groups excluding carboxylic acids is 2. The number of nitrogens with zero attached hydrogens (tertiary/aromatic N) is 1. The van der Waals surface area contributed by atoms with Crippen LogP contribution in [-0.4, -0.2) is 34.9 Å². The van der Waals surface area contributed by atoms with Crippen molar-refractivity contribution >= 4 is 38.5 Å². The van der Waals surface area contributed by atoms with Gasteiger partial charge in [-0.05, 0) is 72.4 Å². The summed E-state index contributed by atoms with van der Waals surface area (Å²) in [5, 5.41) is 5.12. The van der Waals surface area contributed by atoms with Crippen LogP contribution in [0.1, 0.15) is 45.2 Å². The zero-order valence-corrected chi connectivity index (χ0v) is 22.1. The minimum absolute atomic E-state index is 0.164. The molecule has 0 aliphatic carbocycles. The molecule has 180 valence electrons. The molecule has 2 amide bonds. The van der Waals surface area contributed by atoms with Crippen LogP contribution in [0.25, 0.3) is 10.8 Å². The van der Waals surface area contributed by atoms with E-state index in [1.807, 2.05) is 95.3 Å². The maximum Gasteiger partial charge on any atom is 0.261 e. The minimum atomic E-state index is -0.600. The number of halogens is 1. The van der Waals surface area contributed by atoms with Gasteiger partial charge in [-0.3, -0.25) is 9.59 Å². The highest BCUT2D eigenvalue weighted by Crippen LogP contribution is 2.33. The fraction of sp³-hybridized carbons (Fsp3) is 0.357. The van der Waals surface area contributed by atoms with Crippen LogP contribution in [0, 0.1) is 6.92 Å². The van der Waals surface area contributed by atoms with Gasteiger partial charge in [0, 0.05) is 12.1 Å². The average molecular weight is 525 g/mol. The van der Waals surface area contributed by atoms with Gasteiger partial charge < -0.3 is 15.0 Å². The van der Waals surface area contributed by atoms with Gasteiger partial charge in [-0.25, -0.2) is 0 Å². The number of ether oxygens (including phenoxy) is 1. The van der Waals surface area contributed by atoms with Gasteiger partial charge in [0.15, 0.2) is 6.61 Å². The first-order chi connectivity index (χ1) is 16.1. The first kappa shape index (κ1) is 25.8. The highest BCUT2D eigenvalue weighted by Gasteiger charge is 2.31. The lowest BCUT2D eigenvalue weighted by Gasteiger charge is -2.33. The topological polar surface area (TPSA) is 58.6 Å². The van der Waals surface area contributed by atoms with Gasteiger partial charge >= 0.3 is 0 Å². The first-order valence-electron chi connectivity index (χ1n) is 11.6. The van der Waals surface area contributed by atoms with E-state index in [1.54, 1.807) is 4.90 Å². The first-order valence-corrected chi connectivity index (χ1v) is 12.4. The van der Waals surface area contributed by atoms with Crippen molar-refractivity contribution in [3.8, 4) is 5.75 Å². The predicted molar refractivity (Wildman–Crippen MR) is 141 cm³/mol. The van der Waals surface area contributed by atoms with Crippen molar-refractivity contribution in [1.82, 2.24) is 10.2 Å². The van der Waals surface area contributed by atoms with Crippen LogP contribution in [0.15, 0.2) is 65.1 Å². The Morgan fingerprint density at radius 1 is 1.03 bits per heavy atom. The summed E-state index contributed by atoms with van der Waals surface area (Å²) in [6, 6.07) is 19.2. The van der Waals surface area contributed by atoms with Crippen molar-refractivity contribution in [2.24, 2.45) is 0 Å². The van der Waals surface area contributed by atoms with Gasteiger partial charge in [0.1, 0.15) is 11.8 Å². The highest BCUT2D eigenvalue weighted by atomic mass is 79.9. The number of carbonyl (C=O) groups is 2. The molecule has 0 fully saturated rings. The van der Waals surface area contributed by atoms with Gasteiger partial charge in [-0.15, -0.1) is 0 Å². The Morgan fingerprint density at radius 2 is 1.71 bits per heavy atom. The molecule has 0 bridgehead atoms. The number of amides is 2. The summed E-state index contributed by atoms with van der Waals surface area (Å²) in [6.45, 7) is 9.91. The maximum absolute atomic E-state index is 13.4. The molecular weight excluding hydrogens is 492 g/mol. The van der Waals surface area contributed by atoms with Crippen LogP contribution in [0.2, 0.25) is 0 Å². The van der Waals surface area contributed by atoms with Crippen molar-refractivity contribution in [1.29, 1.82) is 0 Å². The summed E-state index contributed by atoms with van der Waals surface area (Å²) in [5.41, 5.74) is 1.71. The highest BCUT2D eigenvalue weighted by molar-refractivity contribution is 9.10. The molecule has 0 radical (unpaired) electrons. The molecule has 3 aromatic rings. The molecule has 3 aromatic carbocycles. The third-order valence-electron chi connectivity index (χ3n) is 5.54. The number of aryl methyl sites for hydroxylation is 1. The molecule has 0 aliphatic heterocycles. The van der Waals surface area contributed by atoms with E-state index in [9.17, 15) is 9.59 Å². The smallest absolute Gasteiger partial charge is 0.261 e. The van der Waals surface area contributed by atoms with Crippen LogP contribution in [-0.2, 0) is 16.1 Å². The second kappa shape index (κ2) is 11.0. The van der Waals surface area contributed by atoms with Gasteiger partial charge in [0.2, 0.25) is 5.91 Å². The van der Waals surface area contributed by atoms with Crippen LogP contribution < -0.4 is 10.1 Å². The van der Waals surface area contributed by atoms with Gasteiger partial charge in [0.05, 0.1) is 4.47 Å². The van der Waals surface area contributed by atoms with Crippen molar-refractivity contribution in [2.75, 3.05) is 6.61 Å². The summed E-state index contributed by atoms with van der Waals surface area (Å²) in [4.78, 5) is 28.2. The number of benzene rings is 3. The Balaban J connectivity index is 1.84. The second-order valence-corrected chi connectivity index (χ2v) is 10.4. The standard InChI is InChI=1S/C28H33BrN2O3/c1-6-23(27(33)30-28(3,4)5)31(17-20-13-11-19(2)12-14-20)25(32)18-34-24-16-15-21-9-7-8-10-22(21)26(24)29/h7-16,23H,6,17-18H2,1-5H3,(H,30,33)/t23-/m1/s1. The summed E-state index contributed by atoms with van der Waals surface area (Å²) in [6.07, 6.45) is 0.499. The average Bonchev–Trinajstić information content (AvgIpc) is 2.78. The molecule has 1 atom stereocenters. The third kappa shape index (κ3) is 6.60. The molecule has 0 saturated heterocycles. The van der Waals surface area contributed by atoms with E-state index in [2.05, 4.69) is 21.2 Å². The minimum Gasteiger partial charge on any atom is -0.483 e. The zero-order valence-electron chi connectivity index (χ0n) is 20.5. The van der Waals surface area contributed by atoms with E-state index in [1.165, 1.54) is 0 Å². The van der Waals surface area contributed by atoms with E-state index in [0.717, 1.165) is 26.4 Å². The third-order valence-corrected chi connectivity index (χ3v) is 6.35. The lowest BCUT2D eigenvalue weighted by Crippen LogP contribution is -2.54. The van der Waals surface area contributed by atoms with Crippen molar-refractivity contribution in [3.63, 3.8) is 0 Å². The van der Waals surface area contributed by atoms with Gasteiger partial charge in [0.25, 0.3) is 5.91 Å². The van der Waals surface area contributed by atoms with E-state index < -0.39 is 11.6 Å². The second-order valence-electron chi connectivity index (χ2n) is 9.56. The van der Waals surface area contributed by atoms with Crippen molar-refractivity contribution in [3.05, 3.63) is 76.3 Å². The molecule has 0 aromatic heterocycles. The molecule has 0 aliphatic rings. The summed E-state index contributed by atoms with van der Waals surface area (Å²) in [7, 11) is 0. The quantitative estimate of drug-likeness (QED) is 0.392. The monoisotopic (exact) mass is 524 g/mol. The Morgan fingerprint density at radius 3 is 2.35 bits per heavy atom. The Hall–Kier alpha value is -2.86. The van der Waals surface area contributed by atoms with E-state index in [0.29, 0.717) is 18.7 Å². The molecule has 0 spiro atoms. The van der Waals surface area contributed by atoms with Crippen molar-refractivity contribution in [2.45, 2.75) is 59.2 Å². The molecule has 34 heavy (non-hydrogen) atoms. The van der Waals surface area contributed by atoms with E-state index >= 15 is 0 Å². The fourth-order valence-electron chi connectivity index (χ4n) is 3.81. The fourth-order valence-corrected chi connectivity index (χ4v) is 4.42. The molecule has 5 nitrogen and oxygen atoms in total. The van der Waals surface area contributed by atoms with Gasteiger partial charge in [-0.1, -0.05) is 67.1 Å². The summed E-state index contributed by atoms with van der Waals surface area (Å²) in [5.74, 6) is 0.188. The lowest BCUT2D eigenvalue weighted by molar-refractivity contribution is -0.143. The van der Waals surface area contributed by atoms with Crippen LogP contribution in [0.3, 0.4) is 0 Å². The number of fused-ring (bicyclic) bond motifs is 1. The number of hydrogen-bond donors (Lipinski definition) is 1.